The number of carbonyl (C=O) groups is 1. The van der Waals surface area contributed by atoms with Crippen LogP contribution in [0.25, 0.3) is 0 Å². The van der Waals surface area contributed by atoms with E-state index in [1.807, 2.05) is 0 Å². The van der Waals surface area contributed by atoms with Crippen molar-refractivity contribution in [2.24, 2.45) is 0 Å². The largest absolute Gasteiger partial charge is 0.463 e. The lowest BCUT2D eigenvalue weighted by Crippen LogP contribution is -2.20. The van der Waals surface area contributed by atoms with Crippen LogP contribution in [0.15, 0.2) is 25.4 Å². The van der Waals surface area contributed by atoms with Crippen LogP contribution in [-0.4, -0.2) is 39.1 Å². The highest BCUT2D eigenvalue weighted by atomic mass is 16.7. The Morgan fingerprint density at radius 1 is 0.952 bits per heavy atom. The summed E-state index contributed by atoms with van der Waals surface area (Å²) in [5.41, 5.74) is 5.26. The Labute approximate surface area is 126 Å². The first-order chi connectivity index (χ1) is 10.3. The zero-order valence-corrected chi connectivity index (χ0v) is 12.5. The fourth-order valence-electron chi connectivity index (χ4n) is 1.23. The molecule has 0 amide bonds. The van der Waals surface area contributed by atoms with Gasteiger partial charge in [0.05, 0.1) is 19.8 Å². The summed E-state index contributed by atoms with van der Waals surface area (Å²) in [4.78, 5) is 20.9. The molecule has 0 atom stereocenters. The van der Waals surface area contributed by atoms with Crippen LogP contribution in [0, 0.1) is 0 Å². The van der Waals surface area contributed by atoms with Crippen LogP contribution in [0.5, 0.6) is 0 Å². The zero-order valence-electron chi connectivity index (χ0n) is 12.5. The minimum Gasteiger partial charge on any atom is -0.463 e. The molecule has 0 radical (unpaired) electrons. The van der Waals surface area contributed by atoms with Gasteiger partial charge in [0.2, 0.25) is 0 Å². The average Bonchev–Trinajstić information content (AvgIpc) is 2.50. The summed E-state index contributed by atoms with van der Waals surface area (Å²) in [7, 11) is 0. The van der Waals surface area contributed by atoms with Crippen molar-refractivity contribution in [1.82, 2.24) is 11.0 Å². The van der Waals surface area contributed by atoms with Crippen molar-refractivity contribution in [1.29, 1.82) is 0 Å². The number of rotatable bonds is 16. The molecule has 0 aromatic heterocycles. The maximum absolute atomic E-state index is 10.7. The van der Waals surface area contributed by atoms with Gasteiger partial charge in [-0.15, -0.1) is 0 Å². The van der Waals surface area contributed by atoms with Crippen molar-refractivity contribution in [3.63, 3.8) is 0 Å². The second kappa shape index (κ2) is 16.6. The van der Waals surface area contributed by atoms with Crippen LogP contribution >= 0.6 is 0 Å². The highest BCUT2D eigenvalue weighted by Crippen LogP contribution is 1.92. The van der Waals surface area contributed by atoms with Crippen LogP contribution < -0.4 is 11.0 Å². The molecule has 0 aromatic carbocycles. The maximum Gasteiger partial charge on any atom is 0.330 e. The van der Waals surface area contributed by atoms with Crippen molar-refractivity contribution in [3.8, 4) is 0 Å². The lowest BCUT2D eigenvalue weighted by atomic mass is 10.3. The Hall–Kier alpha value is -1.41. The molecule has 0 fully saturated rings. The first-order valence-corrected chi connectivity index (χ1v) is 7.01. The highest BCUT2D eigenvalue weighted by molar-refractivity contribution is 5.81. The number of hydroxylamine groups is 2. The molecule has 0 bridgehead atoms. The SMILES string of the molecule is C=CNOCCCCOCNOCCCCOC(=O)C=C. The quantitative estimate of drug-likeness (QED) is 0.147. The summed E-state index contributed by atoms with van der Waals surface area (Å²) in [6, 6.07) is 0. The summed E-state index contributed by atoms with van der Waals surface area (Å²) in [5.74, 6) is -0.395. The van der Waals surface area contributed by atoms with Gasteiger partial charge in [-0.1, -0.05) is 13.2 Å². The van der Waals surface area contributed by atoms with Gasteiger partial charge in [-0.3, -0.25) is 15.2 Å². The first kappa shape index (κ1) is 19.6. The number of carbonyl (C=O) groups excluding carboxylic acids is 1. The third kappa shape index (κ3) is 16.5. The van der Waals surface area contributed by atoms with Crippen LogP contribution in [0.1, 0.15) is 25.7 Å². The molecule has 0 aromatic rings. The molecular weight excluding hydrogens is 276 g/mol. The average molecular weight is 302 g/mol. The van der Waals surface area contributed by atoms with Gasteiger partial charge in [0.25, 0.3) is 0 Å². The van der Waals surface area contributed by atoms with Crippen molar-refractivity contribution >= 4 is 5.97 Å². The predicted molar refractivity (Wildman–Crippen MR) is 78.8 cm³/mol. The fraction of sp³-hybridized carbons (Fsp3) is 0.643. The van der Waals surface area contributed by atoms with Gasteiger partial charge in [-0.25, -0.2) is 4.79 Å². The van der Waals surface area contributed by atoms with Crippen molar-refractivity contribution in [2.75, 3.05) is 33.2 Å². The molecule has 0 aliphatic heterocycles. The summed E-state index contributed by atoms with van der Waals surface area (Å²) in [6.07, 6.45) is 6.00. The molecule has 0 aliphatic rings. The minimum atomic E-state index is -0.395. The maximum atomic E-state index is 10.7. The minimum absolute atomic E-state index is 0.344. The predicted octanol–water partition coefficient (Wildman–Crippen LogP) is 1.44. The lowest BCUT2D eigenvalue weighted by molar-refractivity contribution is -0.138. The number of unbranched alkanes of at least 4 members (excludes halogenated alkanes) is 2. The van der Waals surface area contributed by atoms with Crippen LogP contribution in [0.4, 0.5) is 0 Å². The van der Waals surface area contributed by atoms with Gasteiger partial charge in [0.15, 0.2) is 0 Å². The molecule has 122 valence electrons. The molecule has 21 heavy (non-hydrogen) atoms. The van der Waals surface area contributed by atoms with E-state index in [-0.39, 0.29) is 0 Å². The third-order valence-electron chi connectivity index (χ3n) is 2.27. The second-order valence-electron chi connectivity index (χ2n) is 4.00. The molecule has 0 aliphatic carbocycles. The van der Waals surface area contributed by atoms with Gasteiger partial charge >= 0.3 is 5.97 Å². The summed E-state index contributed by atoms with van der Waals surface area (Å²) in [6.45, 7) is 9.30. The number of esters is 1. The third-order valence-corrected chi connectivity index (χ3v) is 2.27. The van der Waals surface area contributed by atoms with Crippen LogP contribution in [0.2, 0.25) is 0 Å². The molecule has 0 saturated heterocycles. The summed E-state index contributed by atoms with van der Waals surface area (Å²) < 4.78 is 10.1. The van der Waals surface area contributed by atoms with Crippen molar-refractivity contribution < 1.29 is 23.9 Å². The molecule has 0 saturated carbocycles. The van der Waals surface area contributed by atoms with E-state index in [9.17, 15) is 4.79 Å². The van der Waals surface area contributed by atoms with E-state index in [2.05, 4.69) is 24.1 Å². The lowest BCUT2D eigenvalue weighted by Gasteiger charge is -2.07. The van der Waals surface area contributed by atoms with Gasteiger partial charge < -0.3 is 9.47 Å². The molecule has 7 nitrogen and oxygen atoms in total. The first-order valence-electron chi connectivity index (χ1n) is 7.01. The molecule has 0 unspecified atom stereocenters. The fourth-order valence-corrected chi connectivity index (χ4v) is 1.23. The van der Waals surface area contributed by atoms with Gasteiger partial charge in [-0.2, -0.15) is 5.48 Å². The van der Waals surface area contributed by atoms with Crippen molar-refractivity contribution in [3.05, 3.63) is 25.4 Å². The molecule has 0 heterocycles. The monoisotopic (exact) mass is 302 g/mol. The number of hydrogen-bond donors (Lipinski definition) is 2. The normalized spacial score (nSPS) is 10.1. The summed E-state index contributed by atoms with van der Waals surface area (Å²) >= 11 is 0. The number of hydrogen-bond acceptors (Lipinski definition) is 7. The Morgan fingerprint density at radius 2 is 1.62 bits per heavy atom. The Balaban J connectivity index is 3.01. The standard InChI is InChI=1S/C14H26N2O5/c1-3-14(17)19-10-6-8-12-21-16-13-18-9-5-7-11-20-15-4-2/h3-4,15-16H,1-2,5-13H2. The summed E-state index contributed by atoms with van der Waals surface area (Å²) in [5, 5.41) is 0. The molecular formula is C14H26N2O5. The van der Waals surface area contributed by atoms with E-state index in [0.717, 1.165) is 31.8 Å². The van der Waals surface area contributed by atoms with E-state index < -0.39 is 5.97 Å². The number of nitrogens with one attached hydrogen (secondary N) is 2. The van der Waals surface area contributed by atoms with E-state index in [1.54, 1.807) is 0 Å². The molecule has 0 spiro atoms. The Bertz CT molecular complexity index is 274. The molecule has 2 N–H and O–H groups in total. The molecule has 7 heteroatoms. The van der Waals surface area contributed by atoms with E-state index >= 15 is 0 Å². The van der Waals surface area contributed by atoms with E-state index in [4.69, 9.17) is 19.1 Å². The Morgan fingerprint density at radius 3 is 2.33 bits per heavy atom. The zero-order chi connectivity index (χ0) is 15.6. The van der Waals surface area contributed by atoms with Gasteiger partial charge in [0.1, 0.15) is 6.73 Å². The van der Waals surface area contributed by atoms with Crippen LogP contribution in [-0.2, 0) is 23.9 Å². The van der Waals surface area contributed by atoms with E-state index in [0.29, 0.717) is 33.2 Å². The van der Waals surface area contributed by atoms with Gasteiger partial charge in [0, 0.05) is 18.9 Å². The number of ether oxygens (including phenoxy) is 2. The highest BCUT2D eigenvalue weighted by Gasteiger charge is 1.95. The molecule has 0 rings (SSSR count). The van der Waals surface area contributed by atoms with Crippen LogP contribution in [0.3, 0.4) is 0 Å². The van der Waals surface area contributed by atoms with Crippen molar-refractivity contribution in [2.45, 2.75) is 25.7 Å². The smallest absolute Gasteiger partial charge is 0.330 e. The second-order valence-corrected chi connectivity index (χ2v) is 4.00. The Kier molecular flexibility index (Phi) is 15.5. The van der Waals surface area contributed by atoms with E-state index in [1.165, 1.54) is 6.20 Å². The topological polar surface area (TPSA) is 78.1 Å². The van der Waals surface area contributed by atoms with Gasteiger partial charge in [-0.05, 0) is 25.7 Å².